The van der Waals surface area contributed by atoms with Crippen molar-refractivity contribution in [2.45, 2.75) is 59.4 Å². The minimum Gasteiger partial charge on any atom is -0.354 e. The number of benzene rings is 1. The molecule has 1 amide bonds. The van der Waals surface area contributed by atoms with Gasteiger partial charge in [-0.25, -0.2) is 9.97 Å². The van der Waals surface area contributed by atoms with Gasteiger partial charge in [0.1, 0.15) is 0 Å². The lowest BCUT2D eigenvalue weighted by Crippen LogP contribution is -2.43. The third-order valence-electron chi connectivity index (χ3n) is 6.23. The maximum Gasteiger partial charge on any atom is 0.257 e. The largest absolute Gasteiger partial charge is 0.354 e. The Hall–Kier alpha value is -2.95. The smallest absolute Gasteiger partial charge is 0.257 e. The zero-order valence-electron chi connectivity index (χ0n) is 18.3. The second-order valence-corrected chi connectivity index (χ2v) is 8.35. The molecule has 0 radical (unpaired) electrons. The maximum atomic E-state index is 13.6. The molecule has 1 aromatic carbocycles. The minimum atomic E-state index is 0.0582. The molecule has 1 fully saturated rings. The van der Waals surface area contributed by atoms with E-state index in [-0.39, 0.29) is 5.91 Å². The number of nitrogens with zero attached hydrogens (tertiary/aromatic N) is 3. The second kappa shape index (κ2) is 8.42. The van der Waals surface area contributed by atoms with Crippen LogP contribution in [0.5, 0.6) is 0 Å². The van der Waals surface area contributed by atoms with Gasteiger partial charge in [0.2, 0.25) is 0 Å². The molecule has 1 aliphatic rings. The molecule has 5 heteroatoms. The van der Waals surface area contributed by atoms with E-state index in [2.05, 4.69) is 54.3 Å². The molecule has 1 atom stereocenters. The van der Waals surface area contributed by atoms with Crippen LogP contribution < -0.4 is 5.32 Å². The predicted molar refractivity (Wildman–Crippen MR) is 122 cm³/mol. The highest BCUT2D eigenvalue weighted by Crippen LogP contribution is 2.32. The van der Waals surface area contributed by atoms with E-state index in [0.717, 1.165) is 48.3 Å². The molecular weight excluding hydrogens is 372 g/mol. The highest BCUT2D eigenvalue weighted by molar-refractivity contribution is 6.07. The van der Waals surface area contributed by atoms with E-state index in [0.29, 0.717) is 17.3 Å². The van der Waals surface area contributed by atoms with E-state index in [4.69, 9.17) is 0 Å². The van der Waals surface area contributed by atoms with Crippen LogP contribution in [0.25, 0.3) is 11.0 Å². The van der Waals surface area contributed by atoms with E-state index in [1.165, 1.54) is 17.5 Å². The van der Waals surface area contributed by atoms with Crippen LogP contribution in [0.15, 0.2) is 36.5 Å². The normalized spacial score (nSPS) is 16.7. The summed E-state index contributed by atoms with van der Waals surface area (Å²) in [4.78, 5) is 24.8. The first-order valence-corrected chi connectivity index (χ1v) is 10.9. The van der Waals surface area contributed by atoms with Gasteiger partial charge in [0.05, 0.1) is 11.3 Å². The molecular formula is C25H30N4O. The van der Waals surface area contributed by atoms with Gasteiger partial charge in [0.25, 0.3) is 5.91 Å². The molecule has 0 aliphatic carbocycles. The molecule has 156 valence electrons. The maximum absolute atomic E-state index is 13.6. The Morgan fingerprint density at radius 3 is 2.73 bits per heavy atom. The molecule has 5 nitrogen and oxygen atoms in total. The van der Waals surface area contributed by atoms with E-state index >= 15 is 0 Å². The summed E-state index contributed by atoms with van der Waals surface area (Å²) in [6.07, 6.45) is 6.00. The Morgan fingerprint density at radius 2 is 1.97 bits per heavy atom. The number of aryl methyl sites for hydroxylation is 3. The van der Waals surface area contributed by atoms with Crippen molar-refractivity contribution in [1.82, 2.24) is 14.9 Å². The van der Waals surface area contributed by atoms with Crippen molar-refractivity contribution >= 4 is 28.3 Å². The van der Waals surface area contributed by atoms with Crippen LogP contribution in [0.1, 0.15) is 59.8 Å². The third-order valence-corrected chi connectivity index (χ3v) is 6.23. The first kappa shape index (κ1) is 20.3. The van der Waals surface area contributed by atoms with Gasteiger partial charge >= 0.3 is 0 Å². The Labute approximate surface area is 178 Å². The van der Waals surface area contributed by atoms with E-state index < -0.39 is 0 Å². The molecule has 4 rings (SSSR count). The number of aromatic nitrogens is 2. The van der Waals surface area contributed by atoms with Crippen molar-refractivity contribution in [2.24, 2.45) is 0 Å². The van der Waals surface area contributed by atoms with Crippen molar-refractivity contribution in [3.8, 4) is 0 Å². The lowest BCUT2D eigenvalue weighted by atomic mass is 9.98. The number of nitrogens with one attached hydrogen (secondary N) is 1. The fourth-order valence-corrected chi connectivity index (χ4v) is 4.28. The second-order valence-electron chi connectivity index (χ2n) is 8.35. The Kier molecular flexibility index (Phi) is 5.71. The van der Waals surface area contributed by atoms with Crippen molar-refractivity contribution < 1.29 is 4.79 Å². The molecule has 30 heavy (non-hydrogen) atoms. The fraction of sp³-hybridized carbons (Fsp3) is 0.400. The minimum absolute atomic E-state index is 0.0582. The van der Waals surface area contributed by atoms with Crippen LogP contribution in [-0.4, -0.2) is 33.4 Å². The number of likely N-dealkylation sites (tertiary alicyclic amines) is 1. The highest BCUT2D eigenvalue weighted by atomic mass is 16.2. The number of hydrogen-bond acceptors (Lipinski definition) is 4. The summed E-state index contributed by atoms with van der Waals surface area (Å²) in [5.74, 6) is 0.0582. The average molecular weight is 403 g/mol. The van der Waals surface area contributed by atoms with Crippen LogP contribution in [0.3, 0.4) is 0 Å². The number of pyridine rings is 2. The molecule has 3 heterocycles. The predicted octanol–water partition coefficient (Wildman–Crippen LogP) is 5.70. The first-order chi connectivity index (χ1) is 14.5. The van der Waals surface area contributed by atoms with E-state index in [1.807, 2.05) is 24.0 Å². The van der Waals surface area contributed by atoms with Gasteiger partial charge in [-0.15, -0.1) is 0 Å². The van der Waals surface area contributed by atoms with Crippen molar-refractivity contribution in [3.05, 3.63) is 58.9 Å². The molecule has 2 aromatic heterocycles. The first-order valence-electron chi connectivity index (χ1n) is 10.9. The van der Waals surface area contributed by atoms with Gasteiger partial charge in [-0.1, -0.05) is 13.0 Å². The van der Waals surface area contributed by atoms with E-state index in [9.17, 15) is 4.79 Å². The lowest BCUT2D eigenvalue weighted by molar-refractivity contribution is 0.0609. The number of fused-ring (bicyclic) bond motifs is 1. The summed E-state index contributed by atoms with van der Waals surface area (Å²) >= 11 is 0. The number of amides is 1. The summed E-state index contributed by atoms with van der Waals surface area (Å²) < 4.78 is 0. The van der Waals surface area contributed by atoms with Crippen LogP contribution in [0, 0.1) is 20.8 Å². The lowest BCUT2D eigenvalue weighted by Gasteiger charge is -2.35. The SMILES string of the molecule is CC[C@@H]1CCCCN1C(=O)c1cnc2nc(C)ccc2c1Nc1ccc(C)c(C)c1. The van der Waals surface area contributed by atoms with Gasteiger partial charge in [-0.2, -0.15) is 0 Å². The van der Waals surface area contributed by atoms with Crippen LogP contribution in [0.2, 0.25) is 0 Å². The number of carbonyl (C=O) groups is 1. The fourth-order valence-electron chi connectivity index (χ4n) is 4.28. The molecule has 0 unspecified atom stereocenters. The molecule has 0 bridgehead atoms. The Balaban J connectivity index is 1.82. The average Bonchev–Trinajstić information content (AvgIpc) is 2.75. The Morgan fingerprint density at radius 1 is 1.13 bits per heavy atom. The molecule has 0 saturated carbocycles. The number of rotatable bonds is 4. The Bertz CT molecular complexity index is 1090. The third kappa shape index (κ3) is 3.89. The van der Waals surface area contributed by atoms with E-state index in [1.54, 1.807) is 6.20 Å². The molecule has 3 aromatic rings. The molecule has 1 aliphatic heterocycles. The number of hydrogen-bond donors (Lipinski definition) is 1. The summed E-state index contributed by atoms with van der Waals surface area (Å²) in [6.45, 7) is 9.13. The molecule has 1 N–H and O–H groups in total. The topological polar surface area (TPSA) is 58.1 Å². The highest BCUT2D eigenvalue weighted by Gasteiger charge is 2.28. The molecule has 0 spiro atoms. The van der Waals surface area contributed by atoms with Crippen LogP contribution >= 0.6 is 0 Å². The van der Waals surface area contributed by atoms with Crippen molar-refractivity contribution in [1.29, 1.82) is 0 Å². The standard InChI is InChI=1S/C25H30N4O/c1-5-20-8-6-7-13-29(20)25(30)22-15-26-24-21(12-10-18(4)27-24)23(22)28-19-11-9-16(2)17(3)14-19/h9-12,14-15,20H,5-8,13H2,1-4H3,(H,26,27,28)/t20-/m1/s1. The van der Waals surface area contributed by atoms with Crippen LogP contribution in [-0.2, 0) is 0 Å². The zero-order chi connectivity index (χ0) is 21.3. The van der Waals surface area contributed by atoms with Crippen LogP contribution in [0.4, 0.5) is 11.4 Å². The van der Waals surface area contributed by atoms with Gasteiger partial charge in [0.15, 0.2) is 5.65 Å². The van der Waals surface area contributed by atoms with Crippen molar-refractivity contribution in [3.63, 3.8) is 0 Å². The van der Waals surface area contributed by atoms with Crippen molar-refractivity contribution in [2.75, 3.05) is 11.9 Å². The molecule has 1 saturated heterocycles. The number of piperidine rings is 1. The number of anilines is 2. The summed E-state index contributed by atoms with van der Waals surface area (Å²) in [7, 11) is 0. The number of carbonyl (C=O) groups excluding carboxylic acids is 1. The quantitative estimate of drug-likeness (QED) is 0.608. The van der Waals surface area contributed by atoms with Gasteiger partial charge in [-0.05, 0) is 81.8 Å². The monoisotopic (exact) mass is 402 g/mol. The van der Waals surface area contributed by atoms with Gasteiger partial charge < -0.3 is 10.2 Å². The summed E-state index contributed by atoms with van der Waals surface area (Å²) in [5.41, 5.74) is 6.39. The van der Waals surface area contributed by atoms with Gasteiger partial charge in [0, 0.05) is 35.6 Å². The van der Waals surface area contributed by atoms with Gasteiger partial charge in [-0.3, -0.25) is 4.79 Å². The summed E-state index contributed by atoms with van der Waals surface area (Å²) in [5, 5.41) is 4.40. The summed E-state index contributed by atoms with van der Waals surface area (Å²) in [6, 6.07) is 10.6. The zero-order valence-corrected chi connectivity index (χ0v) is 18.3.